The summed E-state index contributed by atoms with van der Waals surface area (Å²) in [4.78, 5) is 6.25. The van der Waals surface area contributed by atoms with E-state index in [0.29, 0.717) is 23.6 Å². The van der Waals surface area contributed by atoms with Crippen LogP contribution < -0.4 is 10.1 Å². The molecule has 1 aromatic rings. The highest BCUT2D eigenvalue weighted by molar-refractivity contribution is 6.31. The Bertz CT molecular complexity index is 394. The van der Waals surface area contributed by atoms with Crippen LogP contribution >= 0.6 is 11.6 Å². The van der Waals surface area contributed by atoms with Crippen molar-refractivity contribution in [3.05, 3.63) is 22.8 Å². The SMILES string of the molecule is CN(C)CCOc1cc(CNC2CC2)c(Cl)cn1. The van der Waals surface area contributed by atoms with E-state index in [4.69, 9.17) is 16.3 Å². The minimum Gasteiger partial charge on any atom is -0.476 e. The normalized spacial score (nSPS) is 15.1. The van der Waals surface area contributed by atoms with Crippen LogP contribution in [0.3, 0.4) is 0 Å². The molecule has 1 aromatic heterocycles. The van der Waals surface area contributed by atoms with Gasteiger partial charge in [0.15, 0.2) is 0 Å². The van der Waals surface area contributed by atoms with Crippen molar-refractivity contribution >= 4 is 11.6 Å². The fraction of sp³-hybridized carbons (Fsp3) is 0.615. The molecule has 0 unspecified atom stereocenters. The maximum absolute atomic E-state index is 6.12. The van der Waals surface area contributed by atoms with Crippen LogP contribution in [0.4, 0.5) is 0 Å². The fourth-order valence-corrected chi connectivity index (χ4v) is 1.72. The summed E-state index contributed by atoms with van der Waals surface area (Å²) in [6.45, 7) is 2.30. The molecule has 4 nitrogen and oxygen atoms in total. The third kappa shape index (κ3) is 4.44. The predicted molar refractivity (Wildman–Crippen MR) is 73.2 cm³/mol. The van der Waals surface area contributed by atoms with Gasteiger partial charge in [0.2, 0.25) is 5.88 Å². The maximum Gasteiger partial charge on any atom is 0.213 e. The zero-order valence-electron chi connectivity index (χ0n) is 10.9. The fourth-order valence-electron chi connectivity index (χ4n) is 1.55. The maximum atomic E-state index is 6.12. The summed E-state index contributed by atoms with van der Waals surface area (Å²) >= 11 is 6.12. The molecular formula is C13H20ClN3O. The van der Waals surface area contributed by atoms with E-state index in [0.717, 1.165) is 18.7 Å². The van der Waals surface area contributed by atoms with Gasteiger partial charge >= 0.3 is 0 Å². The number of aromatic nitrogens is 1. The Balaban J connectivity index is 1.87. The number of nitrogens with one attached hydrogen (secondary N) is 1. The first-order chi connectivity index (χ1) is 8.65. The molecule has 1 saturated carbocycles. The molecule has 1 heterocycles. The van der Waals surface area contributed by atoms with E-state index < -0.39 is 0 Å². The van der Waals surface area contributed by atoms with Crippen LogP contribution in [-0.4, -0.2) is 43.2 Å². The van der Waals surface area contributed by atoms with Crippen molar-refractivity contribution in [2.75, 3.05) is 27.2 Å². The average Bonchev–Trinajstić information content (AvgIpc) is 3.13. The lowest BCUT2D eigenvalue weighted by Crippen LogP contribution is -2.20. The van der Waals surface area contributed by atoms with E-state index in [1.165, 1.54) is 12.8 Å². The molecule has 0 amide bonds. The van der Waals surface area contributed by atoms with Gasteiger partial charge in [-0.1, -0.05) is 11.6 Å². The number of hydrogen-bond acceptors (Lipinski definition) is 4. The molecule has 0 atom stereocenters. The predicted octanol–water partition coefficient (Wildman–Crippen LogP) is 1.93. The average molecular weight is 270 g/mol. The van der Waals surface area contributed by atoms with Crippen molar-refractivity contribution in [1.82, 2.24) is 15.2 Å². The Labute approximate surface area is 113 Å². The van der Waals surface area contributed by atoms with E-state index in [-0.39, 0.29) is 0 Å². The standard InChI is InChI=1S/C13H20ClN3O/c1-17(2)5-6-18-13-7-10(12(14)9-16-13)8-15-11-3-4-11/h7,9,11,15H,3-6,8H2,1-2H3. The van der Waals surface area contributed by atoms with Crippen LogP contribution in [0.15, 0.2) is 12.3 Å². The van der Waals surface area contributed by atoms with Crippen LogP contribution in [0.2, 0.25) is 5.02 Å². The van der Waals surface area contributed by atoms with Gasteiger partial charge in [-0.3, -0.25) is 0 Å². The smallest absolute Gasteiger partial charge is 0.213 e. The van der Waals surface area contributed by atoms with Crippen molar-refractivity contribution in [2.45, 2.75) is 25.4 Å². The Morgan fingerprint density at radius 3 is 2.94 bits per heavy atom. The molecule has 1 aliphatic carbocycles. The molecule has 1 aliphatic rings. The van der Waals surface area contributed by atoms with Gasteiger partial charge < -0.3 is 15.0 Å². The monoisotopic (exact) mass is 269 g/mol. The van der Waals surface area contributed by atoms with Gasteiger partial charge in [-0.15, -0.1) is 0 Å². The number of pyridine rings is 1. The number of rotatable bonds is 7. The van der Waals surface area contributed by atoms with E-state index in [1.54, 1.807) is 6.20 Å². The molecule has 1 N–H and O–H groups in total. The summed E-state index contributed by atoms with van der Waals surface area (Å²) in [6.07, 6.45) is 4.21. The molecule has 0 saturated heterocycles. The van der Waals surface area contributed by atoms with E-state index in [1.807, 2.05) is 20.2 Å². The highest BCUT2D eigenvalue weighted by Crippen LogP contribution is 2.23. The quantitative estimate of drug-likeness (QED) is 0.821. The van der Waals surface area contributed by atoms with Crippen molar-refractivity contribution < 1.29 is 4.74 Å². The molecule has 5 heteroatoms. The molecule has 0 aliphatic heterocycles. The summed E-state index contributed by atoms with van der Waals surface area (Å²) in [7, 11) is 4.03. The number of ether oxygens (including phenoxy) is 1. The molecule has 0 bridgehead atoms. The van der Waals surface area contributed by atoms with Crippen LogP contribution in [0.25, 0.3) is 0 Å². The topological polar surface area (TPSA) is 37.4 Å². The van der Waals surface area contributed by atoms with Gasteiger partial charge in [-0.25, -0.2) is 4.98 Å². The Morgan fingerprint density at radius 1 is 1.50 bits per heavy atom. The van der Waals surface area contributed by atoms with Gasteiger partial charge in [0.25, 0.3) is 0 Å². The second-order valence-corrected chi connectivity index (χ2v) is 5.33. The number of likely N-dealkylation sites (N-methyl/N-ethyl adjacent to an activating group) is 1. The van der Waals surface area contributed by atoms with Crippen molar-refractivity contribution in [3.8, 4) is 5.88 Å². The Kier molecular flexibility index (Phi) is 4.80. The zero-order chi connectivity index (χ0) is 13.0. The lowest BCUT2D eigenvalue weighted by atomic mass is 10.2. The van der Waals surface area contributed by atoms with Gasteiger partial charge in [0.1, 0.15) is 6.61 Å². The van der Waals surface area contributed by atoms with E-state index in [9.17, 15) is 0 Å². The minimum absolute atomic E-state index is 0.636. The molecule has 2 rings (SSSR count). The highest BCUT2D eigenvalue weighted by atomic mass is 35.5. The Hall–Kier alpha value is -0.840. The molecule has 0 spiro atoms. The molecule has 0 aromatic carbocycles. The van der Waals surface area contributed by atoms with Crippen molar-refractivity contribution in [3.63, 3.8) is 0 Å². The Morgan fingerprint density at radius 2 is 2.28 bits per heavy atom. The van der Waals surface area contributed by atoms with Crippen LogP contribution in [0, 0.1) is 0 Å². The first kappa shape index (κ1) is 13.6. The minimum atomic E-state index is 0.636. The second-order valence-electron chi connectivity index (χ2n) is 4.92. The lowest BCUT2D eigenvalue weighted by molar-refractivity contribution is 0.253. The number of nitrogens with zero attached hydrogens (tertiary/aromatic N) is 2. The van der Waals surface area contributed by atoms with E-state index >= 15 is 0 Å². The molecule has 100 valence electrons. The van der Waals surface area contributed by atoms with Gasteiger partial charge in [0, 0.05) is 31.4 Å². The van der Waals surface area contributed by atoms with Crippen LogP contribution in [-0.2, 0) is 6.54 Å². The summed E-state index contributed by atoms with van der Waals surface area (Å²) < 4.78 is 5.60. The molecule has 18 heavy (non-hydrogen) atoms. The van der Waals surface area contributed by atoms with E-state index in [2.05, 4.69) is 15.2 Å². The first-order valence-electron chi connectivity index (χ1n) is 6.30. The lowest BCUT2D eigenvalue weighted by Gasteiger charge is -2.12. The molecule has 1 fully saturated rings. The summed E-state index contributed by atoms with van der Waals surface area (Å²) in [6, 6.07) is 2.60. The first-order valence-corrected chi connectivity index (χ1v) is 6.68. The largest absolute Gasteiger partial charge is 0.476 e. The molecule has 0 radical (unpaired) electrons. The number of halogens is 1. The zero-order valence-corrected chi connectivity index (χ0v) is 11.7. The number of hydrogen-bond donors (Lipinski definition) is 1. The summed E-state index contributed by atoms with van der Waals surface area (Å²) in [5.74, 6) is 0.647. The summed E-state index contributed by atoms with van der Waals surface area (Å²) in [5.41, 5.74) is 1.05. The van der Waals surface area contributed by atoms with Crippen molar-refractivity contribution in [2.24, 2.45) is 0 Å². The van der Waals surface area contributed by atoms with Gasteiger partial charge in [-0.2, -0.15) is 0 Å². The van der Waals surface area contributed by atoms with Crippen molar-refractivity contribution in [1.29, 1.82) is 0 Å². The molecular weight excluding hydrogens is 250 g/mol. The van der Waals surface area contributed by atoms with Crippen LogP contribution in [0.5, 0.6) is 5.88 Å². The third-order valence-corrected chi connectivity index (χ3v) is 3.20. The summed E-state index contributed by atoms with van der Waals surface area (Å²) in [5, 5.41) is 4.14. The highest BCUT2D eigenvalue weighted by Gasteiger charge is 2.20. The third-order valence-electron chi connectivity index (χ3n) is 2.86. The second kappa shape index (κ2) is 6.36. The van der Waals surface area contributed by atoms with Gasteiger partial charge in [-0.05, 0) is 32.5 Å². The van der Waals surface area contributed by atoms with Gasteiger partial charge in [0.05, 0.1) is 5.02 Å². The van der Waals surface area contributed by atoms with Crippen LogP contribution in [0.1, 0.15) is 18.4 Å².